The number of nitrogens with zero attached hydrogens (tertiary/aromatic N) is 3. The minimum absolute atomic E-state index is 0.0226. The molecule has 0 bridgehead atoms. The molecular formula is C14H14N4OS. The zero-order valence-electron chi connectivity index (χ0n) is 11.1. The molecule has 20 heavy (non-hydrogen) atoms. The van der Waals surface area contributed by atoms with E-state index in [-0.39, 0.29) is 5.56 Å². The number of nitrogens with one attached hydrogen (secondary N) is 1. The summed E-state index contributed by atoms with van der Waals surface area (Å²) >= 11 is 1.67. The molecule has 102 valence electrons. The molecule has 0 atom stereocenters. The summed E-state index contributed by atoms with van der Waals surface area (Å²) in [4.78, 5) is 22.2. The minimum atomic E-state index is -0.0226. The molecule has 3 aromatic heterocycles. The van der Waals surface area contributed by atoms with Crippen LogP contribution in [-0.2, 0) is 19.9 Å². The highest BCUT2D eigenvalue weighted by Crippen LogP contribution is 2.34. The normalized spacial score (nSPS) is 14.7. The third kappa shape index (κ3) is 1.64. The van der Waals surface area contributed by atoms with E-state index in [0.717, 1.165) is 28.8 Å². The Balaban J connectivity index is 2.00. The third-order valence-electron chi connectivity index (χ3n) is 3.89. The summed E-state index contributed by atoms with van der Waals surface area (Å²) in [6.45, 7) is 0. The first kappa shape index (κ1) is 11.8. The van der Waals surface area contributed by atoms with E-state index in [0.29, 0.717) is 5.82 Å². The lowest BCUT2D eigenvalue weighted by Crippen LogP contribution is -2.12. The van der Waals surface area contributed by atoms with Gasteiger partial charge in [-0.05, 0) is 37.3 Å². The Hall–Kier alpha value is -1.95. The Bertz CT molecular complexity index is 858. The number of aromatic amines is 1. The molecule has 1 aliphatic carbocycles. The summed E-state index contributed by atoms with van der Waals surface area (Å²) in [5, 5.41) is 4.93. The van der Waals surface area contributed by atoms with Gasteiger partial charge in [-0.3, -0.25) is 9.48 Å². The van der Waals surface area contributed by atoms with E-state index in [1.54, 1.807) is 22.2 Å². The third-order valence-corrected chi connectivity index (χ3v) is 5.07. The summed E-state index contributed by atoms with van der Waals surface area (Å²) < 4.78 is 1.72. The highest BCUT2D eigenvalue weighted by molar-refractivity contribution is 7.18. The Morgan fingerprint density at radius 2 is 2.20 bits per heavy atom. The lowest BCUT2D eigenvalue weighted by molar-refractivity contribution is 0.700. The summed E-state index contributed by atoms with van der Waals surface area (Å²) in [5.74, 6) is 0.598. The first-order chi connectivity index (χ1) is 9.74. The van der Waals surface area contributed by atoms with E-state index in [1.807, 2.05) is 13.1 Å². The van der Waals surface area contributed by atoms with Gasteiger partial charge in [0.05, 0.1) is 5.39 Å². The Kier molecular flexibility index (Phi) is 2.53. The minimum Gasteiger partial charge on any atom is -0.305 e. The molecule has 4 rings (SSSR count). The molecule has 0 spiro atoms. The molecule has 0 radical (unpaired) electrons. The first-order valence-electron chi connectivity index (χ1n) is 6.77. The van der Waals surface area contributed by atoms with E-state index < -0.39 is 0 Å². The standard InChI is InChI=1S/C14H14N4OS/c1-18-9(6-7-15-18)12-16-13(19)11-8-4-2-3-5-10(8)20-14(11)17-12/h6-7H,2-5H2,1H3,(H,16,17,19). The zero-order valence-corrected chi connectivity index (χ0v) is 12.0. The molecule has 0 aliphatic heterocycles. The molecule has 0 aromatic carbocycles. The summed E-state index contributed by atoms with van der Waals surface area (Å²) in [5.41, 5.74) is 2.03. The van der Waals surface area contributed by atoms with Crippen LogP contribution in [0.2, 0.25) is 0 Å². The van der Waals surface area contributed by atoms with Crippen LogP contribution in [-0.4, -0.2) is 19.7 Å². The van der Waals surface area contributed by atoms with Gasteiger partial charge < -0.3 is 4.98 Å². The molecule has 0 unspecified atom stereocenters. The summed E-state index contributed by atoms with van der Waals surface area (Å²) in [7, 11) is 1.85. The molecule has 5 nitrogen and oxygen atoms in total. The number of hydrogen-bond acceptors (Lipinski definition) is 4. The summed E-state index contributed by atoms with van der Waals surface area (Å²) in [6, 6.07) is 1.86. The predicted molar refractivity (Wildman–Crippen MR) is 79.1 cm³/mol. The van der Waals surface area contributed by atoms with E-state index >= 15 is 0 Å². The molecule has 0 amide bonds. The fraction of sp³-hybridized carbons (Fsp3) is 0.357. The fourth-order valence-corrected chi connectivity index (χ4v) is 4.15. The average Bonchev–Trinajstić information content (AvgIpc) is 3.01. The van der Waals surface area contributed by atoms with Crippen molar-refractivity contribution < 1.29 is 0 Å². The zero-order chi connectivity index (χ0) is 13.7. The van der Waals surface area contributed by atoms with Gasteiger partial charge in [-0.15, -0.1) is 11.3 Å². The van der Waals surface area contributed by atoms with Crippen LogP contribution >= 0.6 is 11.3 Å². The predicted octanol–water partition coefficient (Wildman–Crippen LogP) is 2.26. The average molecular weight is 286 g/mol. The van der Waals surface area contributed by atoms with Crippen molar-refractivity contribution in [1.29, 1.82) is 0 Å². The van der Waals surface area contributed by atoms with Gasteiger partial charge in [-0.2, -0.15) is 5.10 Å². The van der Waals surface area contributed by atoms with Gasteiger partial charge in [0.25, 0.3) is 5.56 Å². The molecule has 0 saturated carbocycles. The van der Waals surface area contributed by atoms with Crippen molar-refractivity contribution in [2.75, 3.05) is 0 Å². The fourth-order valence-electron chi connectivity index (χ4n) is 2.89. The van der Waals surface area contributed by atoms with Gasteiger partial charge in [0.2, 0.25) is 0 Å². The second kappa shape index (κ2) is 4.28. The molecule has 6 heteroatoms. The number of fused-ring (bicyclic) bond motifs is 3. The van der Waals surface area contributed by atoms with Crippen LogP contribution < -0.4 is 5.56 Å². The Labute approximate surface area is 119 Å². The lowest BCUT2D eigenvalue weighted by atomic mass is 9.97. The SMILES string of the molecule is Cn1nccc1-c1nc2sc3c(c2c(=O)[nH]1)CCCC3. The van der Waals surface area contributed by atoms with Crippen LogP contribution in [0.25, 0.3) is 21.7 Å². The van der Waals surface area contributed by atoms with Gasteiger partial charge in [-0.1, -0.05) is 0 Å². The lowest BCUT2D eigenvalue weighted by Gasteiger charge is -2.09. The second-order valence-corrected chi connectivity index (χ2v) is 6.23. The number of hydrogen-bond donors (Lipinski definition) is 1. The van der Waals surface area contributed by atoms with Gasteiger partial charge >= 0.3 is 0 Å². The van der Waals surface area contributed by atoms with Crippen LogP contribution in [0.15, 0.2) is 17.1 Å². The van der Waals surface area contributed by atoms with Crippen molar-refractivity contribution in [3.63, 3.8) is 0 Å². The molecule has 1 N–H and O–H groups in total. The smallest absolute Gasteiger partial charge is 0.260 e. The van der Waals surface area contributed by atoms with Gasteiger partial charge in [-0.25, -0.2) is 4.98 Å². The van der Waals surface area contributed by atoms with Crippen LogP contribution in [0, 0.1) is 0 Å². The van der Waals surface area contributed by atoms with Gasteiger partial charge in [0.15, 0.2) is 5.82 Å². The van der Waals surface area contributed by atoms with Crippen LogP contribution in [0.1, 0.15) is 23.3 Å². The number of aryl methyl sites for hydroxylation is 3. The molecule has 0 fully saturated rings. The number of rotatable bonds is 1. The van der Waals surface area contributed by atoms with Crippen molar-refractivity contribution in [2.45, 2.75) is 25.7 Å². The number of aromatic nitrogens is 4. The molecule has 3 aromatic rings. The van der Waals surface area contributed by atoms with Gasteiger partial charge in [0.1, 0.15) is 10.5 Å². The van der Waals surface area contributed by atoms with Crippen molar-refractivity contribution in [3.8, 4) is 11.5 Å². The molecule has 3 heterocycles. The van der Waals surface area contributed by atoms with Crippen molar-refractivity contribution in [2.24, 2.45) is 7.05 Å². The largest absolute Gasteiger partial charge is 0.305 e. The van der Waals surface area contributed by atoms with E-state index in [9.17, 15) is 4.79 Å². The molecule has 0 saturated heterocycles. The maximum absolute atomic E-state index is 12.4. The Morgan fingerprint density at radius 3 is 3.00 bits per heavy atom. The van der Waals surface area contributed by atoms with E-state index in [1.165, 1.54) is 23.3 Å². The highest BCUT2D eigenvalue weighted by atomic mass is 32.1. The van der Waals surface area contributed by atoms with Crippen LogP contribution in [0.5, 0.6) is 0 Å². The second-order valence-electron chi connectivity index (χ2n) is 5.15. The van der Waals surface area contributed by atoms with E-state index in [2.05, 4.69) is 15.1 Å². The number of thiophene rings is 1. The van der Waals surface area contributed by atoms with Crippen LogP contribution in [0.4, 0.5) is 0 Å². The van der Waals surface area contributed by atoms with Crippen molar-refractivity contribution in [3.05, 3.63) is 33.1 Å². The van der Waals surface area contributed by atoms with Crippen molar-refractivity contribution >= 4 is 21.6 Å². The quantitative estimate of drug-likeness (QED) is 0.746. The molecular weight excluding hydrogens is 272 g/mol. The first-order valence-corrected chi connectivity index (χ1v) is 7.58. The highest BCUT2D eigenvalue weighted by Gasteiger charge is 2.20. The Morgan fingerprint density at radius 1 is 1.35 bits per heavy atom. The van der Waals surface area contributed by atoms with Crippen LogP contribution in [0.3, 0.4) is 0 Å². The van der Waals surface area contributed by atoms with Gasteiger partial charge in [0, 0.05) is 18.1 Å². The van der Waals surface area contributed by atoms with Crippen molar-refractivity contribution in [1.82, 2.24) is 19.7 Å². The van der Waals surface area contributed by atoms with E-state index in [4.69, 9.17) is 0 Å². The summed E-state index contributed by atoms with van der Waals surface area (Å²) in [6.07, 6.45) is 6.18. The maximum atomic E-state index is 12.4. The number of H-pyrrole nitrogens is 1. The monoisotopic (exact) mass is 286 g/mol. The molecule has 1 aliphatic rings. The topological polar surface area (TPSA) is 63.6 Å². The maximum Gasteiger partial charge on any atom is 0.260 e.